The van der Waals surface area contributed by atoms with E-state index in [1.165, 1.54) is 0 Å². The molecule has 126 valence electrons. The molecule has 1 aliphatic heterocycles. The van der Waals surface area contributed by atoms with Crippen molar-refractivity contribution in [2.24, 2.45) is 5.92 Å². The van der Waals surface area contributed by atoms with Gasteiger partial charge in [-0.15, -0.1) is 0 Å². The molecule has 0 aliphatic carbocycles. The van der Waals surface area contributed by atoms with Crippen LogP contribution in [-0.2, 0) is 11.3 Å². The molecule has 3 rings (SSSR count). The van der Waals surface area contributed by atoms with Gasteiger partial charge in [0.15, 0.2) is 11.5 Å². The maximum Gasteiger partial charge on any atom is 0.161 e. The van der Waals surface area contributed by atoms with Crippen molar-refractivity contribution in [2.45, 2.75) is 12.7 Å². The average Bonchev–Trinajstić information content (AvgIpc) is 3.01. The monoisotopic (exact) mass is 326 g/mol. The number of rotatable bonds is 6. The minimum Gasteiger partial charge on any atom is -0.493 e. The molecule has 24 heavy (non-hydrogen) atoms. The predicted octanol–water partition coefficient (Wildman–Crippen LogP) is 3.51. The van der Waals surface area contributed by atoms with Crippen LogP contribution >= 0.6 is 0 Å². The van der Waals surface area contributed by atoms with Gasteiger partial charge in [0.25, 0.3) is 0 Å². The van der Waals surface area contributed by atoms with E-state index < -0.39 is 0 Å². The summed E-state index contributed by atoms with van der Waals surface area (Å²) in [6.07, 6.45) is -0.195. The van der Waals surface area contributed by atoms with E-state index in [0.29, 0.717) is 24.7 Å². The molecule has 0 bridgehead atoms. The van der Waals surface area contributed by atoms with Crippen molar-refractivity contribution in [3.8, 4) is 11.5 Å². The molecule has 4 heteroatoms. The molecule has 4 nitrogen and oxygen atoms in total. The number of benzene rings is 2. The lowest BCUT2D eigenvalue weighted by Gasteiger charge is -2.19. The fraction of sp³-hybridized carbons (Fsp3) is 0.300. The highest BCUT2D eigenvalue weighted by molar-refractivity contribution is 5.44. The molecular weight excluding hydrogens is 304 g/mol. The molecule has 1 N–H and O–H groups in total. The lowest BCUT2D eigenvalue weighted by Crippen LogP contribution is -2.13. The summed E-state index contributed by atoms with van der Waals surface area (Å²) in [6, 6.07) is 15.7. The van der Waals surface area contributed by atoms with E-state index in [-0.39, 0.29) is 18.6 Å². The number of ether oxygens (including phenoxy) is 3. The molecule has 0 aromatic heterocycles. The smallest absolute Gasteiger partial charge is 0.161 e. The fourth-order valence-electron chi connectivity index (χ4n) is 2.90. The zero-order valence-corrected chi connectivity index (χ0v) is 13.8. The first kappa shape index (κ1) is 16.6. The van der Waals surface area contributed by atoms with Crippen molar-refractivity contribution in [1.82, 2.24) is 0 Å². The molecule has 2 atom stereocenters. The number of hydrogen-bond acceptors (Lipinski definition) is 4. The van der Waals surface area contributed by atoms with E-state index in [0.717, 1.165) is 16.7 Å². The molecule has 1 heterocycles. The summed E-state index contributed by atoms with van der Waals surface area (Å²) in [4.78, 5) is 0. The Hall–Kier alpha value is -2.30. The molecule has 0 amide bonds. The van der Waals surface area contributed by atoms with Gasteiger partial charge < -0.3 is 19.3 Å². The lowest BCUT2D eigenvalue weighted by atomic mass is 9.93. The zero-order chi connectivity index (χ0) is 16.9. The third-order valence-electron chi connectivity index (χ3n) is 4.29. The minimum absolute atomic E-state index is 0.0259. The first-order valence-corrected chi connectivity index (χ1v) is 7.97. The summed E-state index contributed by atoms with van der Waals surface area (Å²) in [5.74, 6) is 1.26. The Bertz CT molecular complexity index is 696. The summed E-state index contributed by atoms with van der Waals surface area (Å²) in [5, 5.41) is 9.56. The van der Waals surface area contributed by atoms with Gasteiger partial charge in [-0.05, 0) is 28.8 Å². The molecule has 0 radical (unpaired) electrons. The van der Waals surface area contributed by atoms with Crippen molar-refractivity contribution in [2.75, 3.05) is 20.3 Å². The summed E-state index contributed by atoms with van der Waals surface area (Å²) in [6.45, 7) is 4.95. The van der Waals surface area contributed by atoms with E-state index in [1.807, 2.05) is 48.5 Å². The summed E-state index contributed by atoms with van der Waals surface area (Å²) in [5.41, 5.74) is 2.97. The quantitative estimate of drug-likeness (QED) is 0.825. The number of aliphatic hydroxyl groups excluding tert-OH is 1. The second-order valence-electron chi connectivity index (χ2n) is 5.86. The Morgan fingerprint density at radius 2 is 1.96 bits per heavy atom. The van der Waals surface area contributed by atoms with E-state index in [2.05, 4.69) is 6.58 Å². The summed E-state index contributed by atoms with van der Waals surface area (Å²) < 4.78 is 17.1. The third kappa shape index (κ3) is 3.45. The van der Waals surface area contributed by atoms with Crippen LogP contribution in [0.4, 0.5) is 0 Å². The molecule has 1 aliphatic rings. The fourth-order valence-corrected chi connectivity index (χ4v) is 2.90. The Balaban J connectivity index is 1.77. The highest BCUT2D eigenvalue weighted by atomic mass is 16.5. The van der Waals surface area contributed by atoms with E-state index in [4.69, 9.17) is 14.2 Å². The van der Waals surface area contributed by atoms with Gasteiger partial charge in [0, 0.05) is 5.92 Å². The maximum atomic E-state index is 9.56. The molecule has 1 saturated heterocycles. The Labute approximate surface area is 142 Å². The van der Waals surface area contributed by atoms with Crippen LogP contribution in [0.25, 0.3) is 0 Å². The average molecular weight is 326 g/mol. The van der Waals surface area contributed by atoms with Crippen LogP contribution < -0.4 is 9.47 Å². The van der Waals surface area contributed by atoms with Crippen LogP contribution in [0.3, 0.4) is 0 Å². The molecule has 2 aromatic carbocycles. The number of hydrogen-bond donors (Lipinski definition) is 1. The van der Waals surface area contributed by atoms with Crippen molar-refractivity contribution in [3.63, 3.8) is 0 Å². The lowest BCUT2D eigenvalue weighted by molar-refractivity contribution is 0.0719. The van der Waals surface area contributed by atoms with Gasteiger partial charge in [0.2, 0.25) is 0 Å². The van der Waals surface area contributed by atoms with Gasteiger partial charge in [-0.3, -0.25) is 0 Å². The topological polar surface area (TPSA) is 47.9 Å². The second-order valence-corrected chi connectivity index (χ2v) is 5.86. The Kier molecular flexibility index (Phi) is 5.18. The van der Waals surface area contributed by atoms with Gasteiger partial charge in [-0.25, -0.2) is 0 Å². The van der Waals surface area contributed by atoms with Crippen molar-refractivity contribution in [3.05, 3.63) is 71.8 Å². The highest BCUT2D eigenvalue weighted by Crippen LogP contribution is 2.40. The SMILES string of the molecule is C=C1CO[C@H](c2ccc(OCc3ccccc3)c(OC)c2)[C@H]1CO. The Morgan fingerprint density at radius 1 is 1.17 bits per heavy atom. The normalized spacial score (nSPS) is 20.2. The van der Waals surface area contributed by atoms with Gasteiger partial charge >= 0.3 is 0 Å². The third-order valence-corrected chi connectivity index (χ3v) is 4.29. The van der Waals surface area contributed by atoms with Crippen LogP contribution in [0.1, 0.15) is 17.2 Å². The van der Waals surface area contributed by atoms with Crippen LogP contribution in [-0.4, -0.2) is 25.4 Å². The van der Waals surface area contributed by atoms with Crippen LogP contribution in [0.15, 0.2) is 60.7 Å². The molecule has 0 saturated carbocycles. The largest absolute Gasteiger partial charge is 0.493 e. The van der Waals surface area contributed by atoms with Gasteiger partial charge in [-0.2, -0.15) is 0 Å². The van der Waals surface area contributed by atoms with Gasteiger partial charge in [-0.1, -0.05) is 43.0 Å². The highest BCUT2D eigenvalue weighted by Gasteiger charge is 2.32. The molecule has 1 fully saturated rings. The van der Waals surface area contributed by atoms with Crippen LogP contribution in [0, 0.1) is 5.92 Å². The van der Waals surface area contributed by atoms with Gasteiger partial charge in [0.1, 0.15) is 6.61 Å². The molecular formula is C20H22O4. The summed E-state index contributed by atoms with van der Waals surface area (Å²) >= 11 is 0. The Morgan fingerprint density at radius 3 is 2.67 bits per heavy atom. The van der Waals surface area contributed by atoms with E-state index in [9.17, 15) is 5.11 Å². The maximum absolute atomic E-state index is 9.56. The van der Waals surface area contributed by atoms with Crippen LogP contribution in [0.2, 0.25) is 0 Å². The second kappa shape index (κ2) is 7.51. The van der Waals surface area contributed by atoms with E-state index >= 15 is 0 Å². The van der Waals surface area contributed by atoms with Crippen molar-refractivity contribution in [1.29, 1.82) is 0 Å². The first-order valence-electron chi connectivity index (χ1n) is 7.97. The molecule has 2 aromatic rings. The minimum atomic E-state index is -0.195. The zero-order valence-electron chi connectivity index (χ0n) is 13.8. The summed E-state index contributed by atoms with van der Waals surface area (Å²) in [7, 11) is 1.62. The van der Waals surface area contributed by atoms with Gasteiger partial charge in [0.05, 0.1) is 26.4 Å². The number of methoxy groups -OCH3 is 1. The van der Waals surface area contributed by atoms with Crippen molar-refractivity contribution >= 4 is 0 Å². The molecule has 0 unspecified atom stereocenters. The first-order chi connectivity index (χ1) is 11.7. The predicted molar refractivity (Wildman–Crippen MR) is 92.2 cm³/mol. The number of aliphatic hydroxyl groups is 1. The van der Waals surface area contributed by atoms with Crippen molar-refractivity contribution < 1.29 is 19.3 Å². The van der Waals surface area contributed by atoms with E-state index in [1.54, 1.807) is 7.11 Å². The standard InChI is InChI=1S/C20H22O4/c1-14-12-24-20(17(14)11-21)16-8-9-18(19(10-16)22-2)23-13-15-6-4-3-5-7-15/h3-10,17,20-21H,1,11-13H2,2H3/t17-,20+/m0/s1. The van der Waals surface area contributed by atoms with Crippen LogP contribution in [0.5, 0.6) is 11.5 Å². The molecule has 0 spiro atoms.